The lowest BCUT2D eigenvalue weighted by Gasteiger charge is -2.33. The standard InChI is InChI=1S/C20H31N3O2/c1-20(11-7-13-25-20)15-23-19(21-2)22-14-17-10-6-12-24-18(17)16-8-4-3-5-9-16/h3-5,8-9,17-18H,6-7,10-15H2,1-2H3,(H2,21,22,23). The SMILES string of the molecule is CN=C(NCC1CCCOC1c1ccccc1)NCC1(C)CCCO1. The minimum atomic E-state index is -0.0713. The highest BCUT2D eigenvalue weighted by Crippen LogP contribution is 2.33. The van der Waals surface area contributed by atoms with E-state index in [1.165, 1.54) is 12.0 Å². The predicted octanol–water partition coefficient (Wildman–Crippen LogP) is 2.89. The highest BCUT2D eigenvalue weighted by atomic mass is 16.5. The molecule has 3 rings (SSSR count). The molecule has 0 radical (unpaired) electrons. The largest absolute Gasteiger partial charge is 0.373 e. The average molecular weight is 345 g/mol. The van der Waals surface area contributed by atoms with E-state index in [1.807, 2.05) is 7.05 Å². The number of nitrogens with zero attached hydrogens (tertiary/aromatic N) is 1. The molecule has 138 valence electrons. The van der Waals surface area contributed by atoms with Crippen LogP contribution in [0, 0.1) is 5.92 Å². The Morgan fingerprint density at radius 2 is 2.04 bits per heavy atom. The summed E-state index contributed by atoms with van der Waals surface area (Å²) in [6.07, 6.45) is 4.69. The van der Waals surface area contributed by atoms with Gasteiger partial charge in [-0.1, -0.05) is 30.3 Å². The summed E-state index contributed by atoms with van der Waals surface area (Å²) in [7, 11) is 1.82. The monoisotopic (exact) mass is 345 g/mol. The van der Waals surface area contributed by atoms with E-state index >= 15 is 0 Å². The van der Waals surface area contributed by atoms with Crippen molar-refractivity contribution < 1.29 is 9.47 Å². The fourth-order valence-corrected chi connectivity index (χ4v) is 3.76. The van der Waals surface area contributed by atoms with Crippen molar-refractivity contribution in [1.82, 2.24) is 10.6 Å². The molecule has 0 bridgehead atoms. The van der Waals surface area contributed by atoms with Crippen LogP contribution in [0.2, 0.25) is 0 Å². The maximum atomic E-state index is 6.08. The predicted molar refractivity (Wildman–Crippen MR) is 101 cm³/mol. The van der Waals surface area contributed by atoms with Gasteiger partial charge in [0.1, 0.15) is 0 Å². The normalized spacial score (nSPS) is 30.2. The Morgan fingerprint density at radius 3 is 2.76 bits per heavy atom. The van der Waals surface area contributed by atoms with Crippen molar-refractivity contribution in [3.63, 3.8) is 0 Å². The summed E-state index contributed by atoms with van der Waals surface area (Å²) < 4.78 is 11.9. The molecule has 2 fully saturated rings. The van der Waals surface area contributed by atoms with Crippen molar-refractivity contribution in [2.45, 2.75) is 44.3 Å². The van der Waals surface area contributed by atoms with Crippen LogP contribution in [-0.4, -0.2) is 44.9 Å². The van der Waals surface area contributed by atoms with Crippen LogP contribution in [0.5, 0.6) is 0 Å². The Kier molecular flexibility index (Phi) is 6.32. The molecule has 0 amide bonds. The van der Waals surface area contributed by atoms with Crippen LogP contribution >= 0.6 is 0 Å². The van der Waals surface area contributed by atoms with Crippen LogP contribution < -0.4 is 10.6 Å². The highest BCUT2D eigenvalue weighted by Gasteiger charge is 2.30. The second kappa shape index (κ2) is 8.68. The van der Waals surface area contributed by atoms with Gasteiger partial charge in [-0.2, -0.15) is 0 Å². The Balaban J connectivity index is 1.52. The highest BCUT2D eigenvalue weighted by molar-refractivity contribution is 5.79. The number of guanidine groups is 1. The summed E-state index contributed by atoms with van der Waals surface area (Å²) in [5.74, 6) is 1.29. The first-order valence-corrected chi connectivity index (χ1v) is 9.45. The minimum absolute atomic E-state index is 0.0713. The first-order valence-electron chi connectivity index (χ1n) is 9.45. The van der Waals surface area contributed by atoms with Gasteiger partial charge in [0.25, 0.3) is 0 Å². The van der Waals surface area contributed by atoms with E-state index in [0.717, 1.165) is 51.5 Å². The van der Waals surface area contributed by atoms with Gasteiger partial charge >= 0.3 is 0 Å². The topological polar surface area (TPSA) is 54.9 Å². The van der Waals surface area contributed by atoms with E-state index in [9.17, 15) is 0 Å². The van der Waals surface area contributed by atoms with Gasteiger partial charge in [0.15, 0.2) is 5.96 Å². The molecule has 2 saturated heterocycles. The lowest BCUT2D eigenvalue weighted by Crippen LogP contribution is -2.47. The summed E-state index contributed by atoms with van der Waals surface area (Å²) in [6.45, 7) is 5.52. The molecule has 0 aromatic heterocycles. The van der Waals surface area contributed by atoms with Gasteiger partial charge < -0.3 is 20.1 Å². The maximum absolute atomic E-state index is 6.08. The molecule has 1 aromatic carbocycles. The van der Waals surface area contributed by atoms with Crippen LogP contribution in [0.25, 0.3) is 0 Å². The molecule has 0 saturated carbocycles. The van der Waals surface area contributed by atoms with Crippen LogP contribution in [0.4, 0.5) is 0 Å². The zero-order valence-corrected chi connectivity index (χ0v) is 15.5. The molecule has 2 heterocycles. The second-order valence-electron chi connectivity index (χ2n) is 7.31. The molecule has 25 heavy (non-hydrogen) atoms. The van der Waals surface area contributed by atoms with E-state index < -0.39 is 0 Å². The summed E-state index contributed by atoms with van der Waals surface area (Å²) in [6, 6.07) is 10.5. The first kappa shape index (κ1) is 18.2. The van der Waals surface area contributed by atoms with Gasteiger partial charge in [-0.05, 0) is 38.2 Å². The first-order chi connectivity index (χ1) is 12.2. The molecule has 2 N–H and O–H groups in total. The number of benzene rings is 1. The third-order valence-corrected chi connectivity index (χ3v) is 5.26. The van der Waals surface area contributed by atoms with Gasteiger partial charge in [0.05, 0.1) is 11.7 Å². The molecular formula is C20H31N3O2. The fourth-order valence-electron chi connectivity index (χ4n) is 3.76. The lowest BCUT2D eigenvalue weighted by atomic mass is 9.89. The smallest absolute Gasteiger partial charge is 0.191 e. The van der Waals surface area contributed by atoms with Gasteiger partial charge in [-0.15, -0.1) is 0 Å². The van der Waals surface area contributed by atoms with E-state index in [-0.39, 0.29) is 11.7 Å². The van der Waals surface area contributed by atoms with Crippen molar-refractivity contribution >= 4 is 5.96 Å². The van der Waals surface area contributed by atoms with E-state index in [1.54, 1.807) is 0 Å². The molecule has 3 atom stereocenters. The maximum Gasteiger partial charge on any atom is 0.191 e. The Hall–Kier alpha value is -1.59. The molecule has 5 nitrogen and oxygen atoms in total. The summed E-state index contributed by atoms with van der Waals surface area (Å²) >= 11 is 0. The van der Waals surface area contributed by atoms with Crippen molar-refractivity contribution in [3.05, 3.63) is 35.9 Å². The third kappa shape index (κ3) is 4.95. The van der Waals surface area contributed by atoms with Gasteiger partial charge in [0.2, 0.25) is 0 Å². The zero-order valence-electron chi connectivity index (χ0n) is 15.5. The molecule has 2 aliphatic heterocycles. The molecule has 2 aliphatic rings. The summed E-state index contributed by atoms with van der Waals surface area (Å²) in [5, 5.41) is 6.90. The van der Waals surface area contributed by atoms with Crippen molar-refractivity contribution in [3.8, 4) is 0 Å². The number of hydrogen-bond acceptors (Lipinski definition) is 3. The van der Waals surface area contributed by atoms with Gasteiger partial charge in [0, 0.05) is 39.3 Å². The van der Waals surface area contributed by atoms with E-state index in [2.05, 4.69) is 52.9 Å². The van der Waals surface area contributed by atoms with Crippen LogP contribution in [0.3, 0.4) is 0 Å². The molecule has 0 aliphatic carbocycles. The Morgan fingerprint density at radius 1 is 1.20 bits per heavy atom. The van der Waals surface area contributed by atoms with Gasteiger partial charge in [-0.3, -0.25) is 4.99 Å². The van der Waals surface area contributed by atoms with Crippen molar-refractivity contribution in [2.24, 2.45) is 10.9 Å². The van der Waals surface area contributed by atoms with E-state index in [4.69, 9.17) is 9.47 Å². The lowest BCUT2D eigenvalue weighted by molar-refractivity contribution is -0.0266. The number of aliphatic imine (C=N–C) groups is 1. The molecule has 5 heteroatoms. The van der Waals surface area contributed by atoms with Gasteiger partial charge in [-0.25, -0.2) is 0 Å². The number of rotatable bonds is 5. The molecule has 1 aromatic rings. The number of ether oxygens (including phenoxy) is 2. The van der Waals surface area contributed by atoms with Crippen LogP contribution in [0.15, 0.2) is 35.3 Å². The molecule has 0 spiro atoms. The Bertz CT molecular complexity index is 555. The molecule has 3 unspecified atom stereocenters. The van der Waals surface area contributed by atoms with Crippen LogP contribution in [-0.2, 0) is 9.47 Å². The second-order valence-corrected chi connectivity index (χ2v) is 7.31. The summed E-state index contributed by atoms with van der Waals surface area (Å²) in [4.78, 5) is 4.36. The summed E-state index contributed by atoms with van der Waals surface area (Å²) in [5.41, 5.74) is 1.20. The zero-order chi connectivity index (χ0) is 17.5. The van der Waals surface area contributed by atoms with Crippen LogP contribution in [0.1, 0.15) is 44.3 Å². The number of hydrogen-bond donors (Lipinski definition) is 2. The molecular weight excluding hydrogens is 314 g/mol. The van der Waals surface area contributed by atoms with E-state index in [0.29, 0.717) is 5.92 Å². The average Bonchev–Trinajstić information content (AvgIpc) is 3.10. The van der Waals surface area contributed by atoms with Crippen molar-refractivity contribution in [2.75, 3.05) is 33.4 Å². The third-order valence-electron chi connectivity index (χ3n) is 5.26. The fraction of sp³-hybridized carbons (Fsp3) is 0.650. The minimum Gasteiger partial charge on any atom is -0.373 e. The number of nitrogens with one attached hydrogen (secondary N) is 2. The van der Waals surface area contributed by atoms with Crippen molar-refractivity contribution in [1.29, 1.82) is 0 Å². The quantitative estimate of drug-likeness (QED) is 0.636. The Labute approximate surface area is 151 Å².